The first-order chi connectivity index (χ1) is 10.3. The Morgan fingerprint density at radius 1 is 1.00 bits per heavy atom. The number of imidazole rings is 1. The van der Waals surface area contributed by atoms with Crippen LogP contribution in [0.2, 0.25) is 5.02 Å². The van der Waals surface area contributed by atoms with Gasteiger partial charge in [-0.25, -0.2) is 9.67 Å². The van der Waals surface area contributed by atoms with Crippen molar-refractivity contribution in [3.05, 3.63) is 65.9 Å². The van der Waals surface area contributed by atoms with Crippen LogP contribution in [-0.4, -0.2) is 19.7 Å². The van der Waals surface area contributed by atoms with E-state index in [1.165, 1.54) is 0 Å². The number of aromatic amines is 1. The fourth-order valence-corrected chi connectivity index (χ4v) is 2.57. The molecule has 0 fully saturated rings. The maximum atomic E-state index is 6.22. The highest BCUT2D eigenvalue weighted by Gasteiger charge is 2.09. The SMILES string of the molecule is Clc1ccccc1-c1cnn(-c2nc3ccccc3[nH]2)c1. The van der Waals surface area contributed by atoms with E-state index in [0.717, 1.165) is 22.2 Å². The van der Waals surface area contributed by atoms with Crippen molar-refractivity contribution in [2.45, 2.75) is 0 Å². The number of hydrogen-bond donors (Lipinski definition) is 1. The second-order valence-electron chi connectivity index (χ2n) is 4.73. The van der Waals surface area contributed by atoms with Crippen LogP contribution in [0.25, 0.3) is 28.1 Å². The van der Waals surface area contributed by atoms with E-state index >= 15 is 0 Å². The Morgan fingerprint density at radius 2 is 1.81 bits per heavy atom. The van der Waals surface area contributed by atoms with Gasteiger partial charge in [-0.15, -0.1) is 0 Å². The van der Waals surface area contributed by atoms with Gasteiger partial charge in [-0.2, -0.15) is 5.10 Å². The number of halogens is 1. The van der Waals surface area contributed by atoms with E-state index in [9.17, 15) is 0 Å². The highest BCUT2D eigenvalue weighted by molar-refractivity contribution is 6.33. The van der Waals surface area contributed by atoms with Gasteiger partial charge >= 0.3 is 0 Å². The van der Waals surface area contributed by atoms with Crippen molar-refractivity contribution in [1.82, 2.24) is 19.7 Å². The summed E-state index contributed by atoms with van der Waals surface area (Å²) < 4.78 is 1.72. The van der Waals surface area contributed by atoms with Crippen molar-refractivity contribution in [1.29, 1.82) is 0 Å². The van der Waals surface area contributed by atoms with Crippen LogP contribution >= 0.6 is 11.6 Å². The fraction of sp³-hybridized carbons (Fsp3) is 0. The summed E-state index contributed by atoms with van der Waals surface area (Å²) in [5.41, 5.74) is 3.83. The number of aromatic nitrogens is 4. The van der Waals surface area contributed by atoms with Gasteiger partial charge < -0.3 is 4.98 Å². The maximum Gasteiger partial charge on any atom is 0.229 e. The summed E-state index contributed by atoms with van der Waals surface area (Å²) in [6.45, 7) is 0. The molecule has 5 heteroatoms. The highest BCUT2D eigenvalue weighted by atomic mass is 35.5. The Hall–Kier alpha value is -2.59. The highest BCUT2D eigenvalue weighted by Crippen LogP contribution is 2.27. The Labute approximate surface area is 126 Å². The molecule has 0 saturated heterocycles. The van der Waals surface area contributed by atoms with Gasteiger partial charge in [0, 0.05) is 22.3 Å². The number of para-hydroxylation sites is 2. The number of H-pyrrole nitrogens is 1. The molecule has 0 saturated carbocycles. The lowest BCUT2D eigenvalue weighted by molar-refractivity contribution is 0.829. The van der Waals surface area contributed by atoms with Crippen molar-refractivity contribution < 1.29 is 0 Å². The summed E-state index contributed by atoms with van der Waals surface area (Å²) >= 11 is 6.22. The molecule has 1 N–H and O–H groups in total. The molecule has 0 aliphatic carbocycles. The van der Waals surface area contributed by atoms with Crippen LogP contribution in [0.3, 0.4) is 0 Å². The average molecular weight is 295 g/mol. The molecule has 0 atom stereocenters. The summed E-state index contributed by atoms with van der Waals surface area (Å²) in [4.78, 5) is 7.77. The van der Waals surface area contributed by atoms with Crippen LogP contribution in [0.15, 0.2) is 60.9 Å². The molecule has 21 heavy (non-hydrogen) atoms. The molecule has 4 rings (SSSR count). The molecule has 4 nitrogen and oxygen atoms in total. The van der Waals surface area contributed by atoms with Gasteiger partial charge in [-0.1, -0.05) is 41.9 Å². The first kappa shape index (κ1) is 12.2. The smallest absolute Gasteiger partial charge is 0.229 e. The molecule has 0 unspecified atom stereocenters. The standard InChI is InChI=1S/C16H11ClN4/c17-13-6-2-1-5-12(13)11-9-18-21(10-11)16-19-14-7-3-4-8-15(14)20-16/h1-10H,(H,19,20). The molecule has 2 aromatic heterocycles. The van der Waals surface area contributed by atoms with E-state index in [1.54, 1.807) is 10.9 Å². The van der Waals surface area contributed by atoms with Crippen LogP contribution in [-0.2, 0) is 0 Å². The number of rotatable bonds is 2. The molecule has 0 bridgehead atoms. The molecule has 0 amide bonds. The second-order valence-corrected chi connectivity index (χ2v) is 5.14. The van der Waals surface area contributed by atoms with Gasteiger partial charge in [-0.05, 0) is 18.2 Å². The van der Waals surface area contributed by atoms with Crippen molar-refractivity contribution in [3.8, 4) is 17.1 Å². The monoisotopic (exact) mass is 294 g/mol. The molecule has 0 radical (unpaired) electrons. The molecule has 0 aliphatic rings. The van der Waals surface area contributed by atoms with Gasteiger partial charge in [0.25, 0.3) is 0 Å². The molecule has 0 spiro atoms. The number of hydrogen-bond acceptors (Lipinski definition) is 2. The third kappa shape index (κ3) is 2.10. The zero-order valence-electron chi connectivity index (χ0n) is 11.0. The van der Waals surface area contributed by atoms with Crippen molar-refractivity contribution >= 4 is 22.6 Å². The fourth-order valence-electron chi connectivity index (χ4n) is 2.32. The number of nitrogens with one attached hydrogen (secondary N) is 1. The maximum absolute atomic E-state index is 6.22. The van der Waals surface area contributed by atoms with E-state index in [1.807, 2.05) is 54.7 Å². The summed E-state index contributed by atoms with van der Waals surface area (Å²) in [5.74, 6) is 0.689. The zero-order chi connectivity index (χ0) is 14.2. The topological polar surface area (TPSA) is 46.5 Å². The zero-order valence-corrected chi connectivity index (χ0v) is 11.7. The summed E-state index contributed by atoms with van der Waals surface area (Å²) in [7, 11) is 0. The third-order valence-electron chi connectivity index (χ3n) is 3.36. The van der Waals surface area contributed by atoms with E-state index in [0.29, 0.717) is 11.0 Å². The van der Waals surface area contributed by atoms with Gasteiger partial charge in [0.05, 0.1) is 17.2 Å². The second kappa shape index (κ2) is 4.75. The van der Waals surface area contributed by atoms with E-state index < -0.39 is 0 Å². The van der Waals surface area contributed by atoms with Gasteiger partial charge in [0.15, 0.2) is 0 Å². The Kier molecular flexibility index (Phi) is 2.75. The van der Waals surface area contributed by atoms with Gasteiger partial charge in [0.1, 0.15) is 0 Å². The molecule has 2 heterocycles. The lowest BCUT2D eigenvalue weighted by atomic mass is 10.1. The van der Waals surface area contributed by atoms with E-state index in [-0.39, 0.29) is 0 Å². The van der Waals surface area contributed by atoms with Crippen molar-refractivity contribution in [3.63, 3.8) is 0 Å². The predicted molar refractivity (Wildman–Crippen MR) is 83.7 cm³/mol. The van der Waals surface area contributed by atoms with Gasteiger partial charge in [-0.3, -0.25) is 0 Å². The van der Waals surface area contributed by atoms with Crippen LogP contribution in [0.4, 0.5) is 0 Å². The Balaban J connectivity index is 1.79. The first-order valence-electron chi connectivity index (χ1n) is 6.56. The minimum atomic E-state index is 0.689. The minimum Gasteiger partial charge on any atom is -0.322 e. The largest absolute Gasteiger partial charge is 0.322 e. The normalized spacial score (nSPS) is 11.1. The number of benzene rings is 2. The average Bonchev–Trinajstić information content (AvgIpc) is 3.14. The lowest BCUT2D eigenvalue weighted by Gasteiger charge is -1.99. The molecule has 2 aromatic carbocycles. The molecule has 102 valence electrons. The van der Waals surface area contributed by atoms with Crippen LogP contribution in [0.5, 0.6) is 0 Å². The quantitative estimate of drug-likeness (QED) is 0.606. The Morgan fingerprint density at radius 3 is 2.67 bits per heavy atom. The van der Waals surface area contributed by atoms with E-state index in [2.05, 4.69) is 15.1 Å². The van der Waals surface area contributed by atoms with Crippen LogP contribution in [0.1, 0.15) is 0 Å². The van der Waals surface area contributed by atoms with Crippen molar-refractivity contribution in [2.24, 2.45) is 0 Å². The summed E-state index contributed by atoms with van der Waals surface area (Å²) in [6.07, 6.45) is 3.70. The molecular weight excluding hydrogens is 284 g/mol. The molecule has 0 aliphatic heterocycles. The number of nitrogens with zero attached hydrogens (tertiary/aromatic N) is 3. The third-order valence-corrected chi connectivity index (χ3v) is 3.69. The van der Waals surface area contributed by atoms with Gasteiger partial charge in [0.2, 0.25) is 5.95 Å². The number of fused-ring (bicyclic) bond motifs is 1. The van der Waals surface area contributed by atoms with Crippen LogP contribution < -0.4 is 0 Å². The van der Waals surface area contributed by atoms with Crippen LogP contribution in [0, 0.1) is 0 Å². The summed E-state index contributed by atoms with van der Waals surface area (Å²) in [5, 5.41) is 5.07. The first-order valence-corrected chi connectivity index (χ1v) is 6.94. The predicted octanol–water partition coefficient (Wildman–Crippen LogP) is 4.07. The Bertz CT molecular complexity index is 890. The molecule has 4 aromatic rings. The minimum absolute atomic E-state index is 0.689. The molecular formula is C16H11ClN4. The lowest BCUT2D eigenvalue weighted by Crippen LogP contribution is -1.95. The van der Waals surface area contributed by atoms with E-state index in [4.69, 9.17) is 11.6 Å². The van der Waals surface area contributed by atoms with Crippen molar-refractivity contribution in [2.75, 3.05) is 0 Å². The summed E-state index contributed by atoms with van der Waals surface area (Å²) in [6, 6.07) is 15.6.